The van der Waals surface area contributed by atoms with Crippen LogP contribution in [-0.4, -0.2) is 21.5 Å². The number of hydrogen-bond acceptors (Lipinski definition) is 4. The predicted octanol–water partition coefficient (Wildman–Crippen LogP) is 1.83. The second-order valence-electron chi connectivity index (χ2n) is 5.53. The fourth-order valence-corrected chi connectivity index (χ4v) is 2.89. The standard InChI is InChI=1S/C16H20N4/c1-11-14-8-13(10-17)2-3-15(14)20-16(19-11)9-12-4-6-18-7-5-12/h4-7,13H,2-3,8-10,17H2,1H3. The molecule has 0 amide bonds. The molecule has 0 bridgehead atoms. The molecule has 1 unspecified atom stereocenters. The quantitative estimate of drug-likeness (QED) is 0.922. The maximum atomic E-state index is 5.80. The number of pyridine rings is 1. The SMILES string of the molecule is Cc1nc(Cc2ccncc2)nc2c1CC(CN)CC2. The van der Waals surface area contributed by atoms with E-state index in [4.69, 9.17) is 10.7 Å². The molecule has 1 aliphatic rings. The highest BCUT2D eigenvalue weighted by molar-refractivity contribution is 5.29. The molecular formula is C16H20N4. The summed E-state index contributed by atoms with van der Waals surface area (Å²) in [5.41, 5.74) is 10.7. The molecule has 2 N–H and O–H groups in total. The van der Waals surface area contributed by atoms with Gasteiger partial charge < -0.3 is 5.73 Å². The maximum absolute atomic E-state index is 5.80. The Hall–Kier alpha value is -1.81. The number of rotatable bonds is 3. The molecule has 4 nitrogen and oxygen atoms in total. The van der Waals surface area contributed by atoms with Gasteiger partial charge in [-0.05, 0) is 61.9 Å². The molecule has 0 spiro atoms. The number of aryl methyl sites for hydroxylation is 2. The summed E-state index contributed by atoms with van der Waals surface area (Å²) in [5.74, 6) is 1.51. The van der Waals surface area contributed by atoms with E-state index in [1.807, 2.05) is 24.5 Å². The average Bonchev–Trinajstić information content (AvgIpc) is 2.48. The van der Waals surface area contributed by atoms with Gasteiger partial charge in [-0.15, -0.1) is 0 Å². The van der Waals surface area contributed by atoms with E-state index in [2.05, 4.69) is 16.9 Å². The molecule has 1 aliphatic carbocycles. The molecule has 0 saturated carbocycles. The van der Waals surface area contributed by atoms with E-state index in [0.29, 0.717) is 5.92 Å². The summed E-state index contributed by atoms with van der Waals surface area (Å²) < 4.78 is 0. The van der Waals surface area contributed by atoms with Crippen molar-refractivity contribution in [1.29, 1.82) is 0 Å². The largest absolute Gasteiger partial charge is 0.330 e. The van der Waals surface area contributed by atoms with Gasteiger partial charge in [0.15, 0.2) is 0 Å². The number of hydrogen-bond donors (Lipinski definition) is 1. The van der Waals surface area contributed by atoms with Crippen molar-refractivity contribution in [3.05, 3.63) is 52.9 Å². The van der Waals surface area contributed by atoms with E-state index in [1.165, 1.54) is 16.8 Å². The van der Waals surface area contributed by atoms with Crippen molar-refractivity contribution in [2.24, 2.45) is 11.7 Å². The molecule has 3 rings (SSSR count). The molecule has 1 atom stereocenters. The molecular weight excluding hydrogens is 248 g/mol. The monoisotopic (exact) mass is 268 g/mol. The Kier molecular flexibility index (Phi) is 3.74. The third-order valence-corrected chi connectivity index (χ3v) is 4.07. The summed E-state index contributed by atoms with van der Waals surface area (Å²) in [7, 11) is 0. The van der Waals surface area contributed by atoms with Gasteiger partial charge in [0.2, 0.25) is 0 Å². The van der Waals surface area contributed by atoms with Crippen molar-refractivity contribution in [2.45, 2.75) is 32.6 Å². The van der Waals surface area contributed by atoms with Crippen LogP contribution in [0.4, 0.5) is 0 Å². The first-order valence-electron chi connectivity index (χ1n) is 7.20. The van der Waals surface area contributed by atoms with Gasteiger partial charge in [0.1, 0.15) is 5.82 Å². The lowest BCUT2D eigenvalue weighted by molar-refractivity contribution is 0.458. The first kappa shape index (κ1) is 13.2. The van der Waals surface area contributed by atoms with Crippen LogP contribution in [0.25, 0.3) is 0 Å². The molecule has 2 aromatic rings. The second kappa shape index (κ2) is 5.67. The van der Waals surface area contributed by atoms with E-state index < -0.39 is 0 Å². The topological polar surface area (TPSA) is 64.7 Å². The minimum absolute atomic E-state index is 0.593. The molecule has 2 heterocycles. The predicted molar refractivity (Wildman–Crippen MR) is 78.4 cm³/mol. The van der Waals surface area contributed by atoms with Crippen LogP contribution >= 0.6 is 0 Å². The van der Waals surface area contributed by atoms with Gasteiger partial charge in [-0.3, -0.25) is 4.98 Å². The van der Waals surface area contributed by atoms with Crippen LogP contribution in [0.2, 0.25) is 0 Å². The second-order valence-corrected chi connectivity index (χ2v) is 5.53. The Morgan fingerprint density at radius 3 is 2.80 bits per heavy atom. The van der Waals surface area contributed by atoms with E-state index >= 15 is 0 Å². The highest BCUT2D eigenvalue weighted by atomic mass is 14.9. The lowest BCUT2D eigenvalue weighted by Crippen LogP contribution is -2.24. The van der Waals surface area contributed by atoms with Gasteiger partial charge in [0.05, 0.1) is 0 Å². The third kappa shape index (κ3) is 2.70. The minimum Gasteiger partial charge on any atom is -0.330 e. The summed E-state index contributed by atoms with van der Waals surface area (Å²) >= 11 is 0. The summed E-state index contributed by atoms with van der Waals surface area (Å²) in [5, 5.41) is 0. The van der Waals surface area contributed by atoms with Crippen LogP contribution in [0.3, 0.4) is 0 Å². The molecule has 2 aromatic heterocycles. The van der Waals surface area contributed by atoms with Crippen molar-refractivity contribution in [3.63, 3.8) is 0 Å². The van der Waals surface area contributed by atoms with E-state index in [0.717, 1.165) is 43.7 Å². The summed E-state index contributed by atoms with van der Waals surface area (Å²) in [4.78, 5) is 13.5. The van der Waals surface area contributed by atoms with E-state index in [9.17, 15) is 0 Å². The van der Waals surface area contributed by atoms with Crippen LogP contribution in [-0.2, 0) is 19.3 Å². The minimum atomic E-state index is 0.593. The summed E-state index contributed by atoms with van der Waals surface area (Å²) in [6.07, 6.45) is 7.61. The smallest absolute Gasteiger partial charge is 0.133 e. The number of nitrogens with two attached hydrogens (primary N) is 1. The van der Waals surface area contributed by atoms with Crippen molar-refractivity contribution < 1.29 is 0 Å². The first-order chi connectivity index (χ1) is 9.76. The van der Waals surface area contributed by atoms with Crippen LogP contribution in [0, 0.1) is 12.8 Å². The molecule has 0 fully saturated rings. The third-order valence-electron chi connectivity index (χ3n) is 4.07. The van der Waals surface area contributed by atoms with Crippen LogP contribution in [0.15, 0.2) is 24.5 Å². The van der Waals surface area contributed by atoms with Crippen molar-refractivity contribution >= 4 is 0 Å². The molecule has 0 aromatic carbocycles. The Morgan fingerprint density at radius 1 is 1.25 bits per heavy atom. The zero-order valence-electron chi connectivity index (χ0n) is 11.8. The highest BCUT2D eigenvalue weighted by Gasteiger charge is 2.21. The Bertz CT molecular complexity index is 595. The van der Waals surface area contributed by atoms with Gasteiger partial charge in [-0.2, -0.15) is 0 Å². The number of nitrogens with zero attached hydrogens (tertiary/aromatic N) is 3. The average molecular weight is 268 g/mol. The first-order valence-corrected chi connectivity index (χ1v) is 7.20. The van der Waals surface area contributed by atoms with Crippen molar-refractivity contribution in [2.75, 3.05) is 6.54 Å². The number of aromatic nitrogens is 3. The highest BCUT2D eigenvalue weighted by Crippen LogP contribution is 2.25. The van der Waals surface area contributed by atoms with E-state index in [-0.39, 0.29) is 0 Å². The Balaban J connectivity index is 1.87. The lowest BCUT2D eigenvalue weighted by Gasteiger charge is -2.24. The van der Waals surface area contributed by atoms with E-state index in [1.54, 1.807) is 0 Å². The van der Waals surface area contributed by atoms with Gasteiger partial charge >= 0.3 is 0 Å². The summed E-state index contributed by atoms with van der Waals surface area (Å²) in [6, 6.07) is 4.03. The summed E-state index contributed by atoms with van der Waals surface area (Å²) in [6.45, 7) is 2.85. The Morgan fingerprint density at radius 2 is 2.05 bits per heavy atom. The van der Waals surface area contributed by atoms with Crippen LogP contribution in [0.1, 0.15) is 34.8 Å². The fraction of sp³-hybridized carbons (Fsp3) is 0.438. The van der Waals surface area contributed by atoms with Crippen molar-refractivity contribution in [1.82, 2.24) is 15.0 Å². The van der Waals surface area contributed by atoms with Gasteiger partial charge in [-0.1, -0.05) is 0 Å². The Labute approximate surface area is 119 Å². The van der Waals surface area contributed by atoms with Gasteiger partial charge in [-0.25, -0.2) is 9.97 Å². The number of fused-ring (bicyclic) bond motifs is 1. The zero-order valence-corrected chi connectivity index (χ0v) is 11.8. The maximum Gasteiger partial charge on any atom is 0.133 e. The van der Waals surface area contributed by atoms with Gasteiger partial charge in [0.25, 0.3) is 0 Å². The normalized spacial score (nSPS) is 17.8. The molecule has 0 aliphatic heterocycles. The van der Waals surface area contributed by atoms with Gasteiger partial charge in [0, 0.05) is 30.2 Å². The lowest BCUT2D eigenvalue weighted by atomic mass is 9.86. The molecule has 0 radical (unpaired) electrons. The fourth-order valence-electron chi connectivity index (χ4n) is 2.89. The molecule has 4 heteroatoms. The van der Waals surface area contributed by atoms with Crippen LogP contribution < -0.4 is 5.73 Å². The molecule has 0 saturated heterocycles. The van der Waals surface area contributed by atoms with Crippen molar-refractivity contribution in [3.8, 4) is 0 Å². The van der Waals surface area contributed by atoms with Crippen LogP contribution in [0.5, 0.6) is 0 Å². The molecule has 104 valence electrons. The molecule has 20 heavy (non-hydrogen) atoms. The zero-order chi connectivity index (χ0) is 13.9.